The fourth-order valence-corrected chi connectivity index (χ4v) is 2.85. The third-order valence-corrected chi connectivity index (χ3v) is 3.61. The zero-order valence-electron chi connectivity index (χ0n) is 10.00. The van der Waals surface area contributed by atoms with Crippen LogP contribution in [0.1, 0.15) is 16.1 Å². The third-order valence-electron chi connectivity index (χ3n) is 3.61. The second-order valence-corrected chi connectivity index (χ2v) is 4.60. The summed E-state index contributed by atoms with van der Waals surface area (Å²) >= 11 is 0. The standard InChI is InChI=1S/C15H10N2O2/c18-15(19)13-6-5-11-14-10(7-8-16-11)9-3-1-2-4-12(9)17(13)14/h1-6,8H,7H2,(H,18,19). The molecule has 0 radical (unpaired) electrons. The van der Waals surface area contributed by atoms with E-state index in [0.717, 1.165) is 34.1 Å². The molecular formula is C15H10N2O2. The maximum absolute atomic E-state index is 11.4. The first kappa shape index (κ1) is 10.3. The summed E-state index contributed by atoms with van der Waals surface area (Å²) in [5, 5.41) is 10.5. The number of aromatic carboxylic acids is 1. The lowest BCUT2D eigenvalue weighted by molar-refractivity contribution is 0.0689. The zero-order valence-corrected chi connectivity index (χ0v) is 10.00. The van der Waals surface area contributed by atoms with Crippen molar-refractivity contribution < 1.29 is 9.90 Å². The van der Waals surface area contributed by atoms with Crippen LogP contribution in [0.4, 0.5) is 5.69 Å². The molecule has 0 atom stereocenters. The normalized spacial score (nSPS) is 13.3. The van der Waals surface area contributed by atoms with Crippen LogP contribution in [-0.4, -0.2) is 21.7 Å². The fourth-order valence-electron chi connectivity index (χ4n) is 2.85. The number of fused-ring (bicyclic) bond motifs is 3. The van der Waals surface area contributed by atoms with Crippen LogP contribution < -0.4 is 0 Å². The van der Waals surface area contributed by atoms with Crippen molar-refractivity contribution in [3.05, 3.63) is 47.7 Å². The van der Waals surface area contributed by atoms with Crippen LogP contribution in [0.2, 0.25) is 0 Å². The van der Waals surface area contributed by atoms with Gasteiger partial charge in [-0.05, 0) is 23.8 Å². The van der Waals surface area contributed by atoms with Crippen LogP contribution in [0.5, 0.6) is 0 Å². The van der Waals surface area contributed by atoms with Crippen molar-refractivity contribution in [3.63, 3.8) is 0 Å². The van der Waals surface area contributed by atoms with E-state index >= 15 is 0 Å². The molecule has 1 N–H and O–H groups in total. The Labute approximate surface area is 108 Å². The first-order chi connectivity index (χ1) is 9.27. The molecule has 1 aliphatic heterocycles. The summed E-state index contributed by atoms with van der Waals surface area (Å²) in [6, 6.07) is 11.3. The van der Waals surface area contributed by atoms with Gasteiger partial charge in [0.25, 0.3) is 0 Å². The Hall–Kier alpha value is -2.62. The highest BCUT2D eigenvalue weighted by atomic mass is 16.4. The molecule has 19 heavy (non-hydrogen) atoms. The number of carboxylic acid groups (broad SMARTS) is 1. The van der Waals surface area contributed by atoms with Gasteiger partial charge < -0.3 is 9.51 Å². The lowest BCUT2D eigenvalue weighted by Crippen LogP contribution is -2.05. The van der Waals surface area contributed by atoms with Crippen LogP contribution in [0.15, 0.2) is 41.4 Å². The number of hydrogen-bond donors (Lipinski definition) is 1. The predicted octanol–water partition coefficient (Wildman–Crippen LogP) is 3.05. The predicted molar refractivity (Wildman–Crippen MR) is 73.7 cm³/mol. The zero-order chi connectivity index (χ0) is 13.0. The van der Waals surface area contributed by atoms with Crippen molar-refractivity contribution in [3.8, 4) is 0 Å². The van der Waals surface area contributed by atoms with Crippen LogP contribution >= 0.6 is 0 Å². The van der Waals surface area contributed by atoms with Gasteiger partial charge in [-0.1, -0.05) is 18.2 Å². The van der Waals surface area contributed by atoms with E-state index in [9.17, 15) is 9.90 Å². The molecule has 0 fully saturated rings. The van der Waals surface area contributed by atoms with Gasteiger partial charge in [-0.15, -0.1) is 0 Å². The van der Waals surface area contributed by atoms with Gasteiger partial charge in [-0.25, -0.2) is 4.79 Å². The molecule has 4 heteroatoms. The van der Waals surface area contributed by atoms with E-state index in [1.807, 2.05) is 30.5 Å². The molecule has 1 aromatic carbocycles. The Bertz CT molecular complexity index is 875. The molecule has 92 valence electrons. The van der Waals surface area contributed by atoms with E-state index in [0.29, 0.717) is 0 Å². The van der Waals surface area contributed by atoms with Crippen molar-refractivity contribution in [1.82, 2.24) is 4.40 Å². The van der Waals surface area contributed by atoms with E-state index in [2.05, 4.69) is 4.99 Å². The second kappa shape index (κ2) is 3.45. The number of pyridine rings is 1. The molecule has 0 unspecified atom stereocenters. The minimum Gasteiger partial charge on any atom is -0.477 e. The van der Waals surface area contributed by atoms with Gasteiger partial charge >= 0.3 is 5.97 Å². The SMILES string of the molecule is O=C(O)c1ccc2c3c(c4ccccc4n13)CC=N2. The highest BCUT2D eigenvalue weighted by Gasteiger charge is 2.20. The number of para-hydroxylation sites is 1. The maximum Gasteiger partial charge on any atom is 0.352 e. The van der Waals surface area contributed by atoms with E-state index in [1.54, 1.807) is 16.5 Å². The van der Waals surface area contributed by atoms with Gasteiger partial charge in [-0.3, -0.25) is 4.99 Å². The monoisotopic (exact) mass is 250 g/mol. The molecule has 4 rings (SSSR count). The molecule has 1 aliphatic rings. The number of aromatic nitrogens is 1. The Morgan fingerprint density at radius 2 is 2.05 bits per heavy atom. The van der Waals surface area contributed by atoms with E-state index in [1.165, 1.54) is 0 Å². The number of rotatable bonds is 1. The molecule has 0 aliphatic carbocycles. The fraction of sp³-hybridized carbons (Fsp3) is 0.0667. The molecule has 3 heterocycles. The van der Waals surface area contributed by atoms with Crippen molar-refractivity contribution in [2.24, 2.45) is 4.99 Å². The Balaban J connectivity index is 2.35. The van der Waals surface area contributed by atoms with Crippen LogP contribution in [0, 0.1) is 0 Å². The number of carbonyl (C=O) groups is 1. The summed E-state index contributed by atoms with van der Waals surface area (Å²) in [6.45, 7) is 0. The number of hydrogen-bond acceptors (Lipinski definition) is 2. The highest BCUT2D eigenvalue weighted by Crippen LogP contribution is 2.36. The third kappa shape index (κ3) is 1.23. The van der Waals surface area contributed by atoms with Crippen molar-refractivity contribution in [2.45, 2.75) is 6.42 Å². The van der Waals surface area contributed by atoms with Gasteiger partial charge in [-0.2, -0.15) is 0 Å². The van der Waals surface area contributed by atoms with E-state index in [4.69, 9.17) is 0 Å². The molecule has 3 aromatic rings. The first-order valence-electron chi connectivity index (χ1n) is 6.08. The summed E-state index contributed by atoms with van der Waals surface area (Å²) in [6.07, 6.45) is 2.62. The quantitative estimate of drug-likeness (QED) is 0.721. The van der Waals surface area contributed by atoms with Crippen molar-refractivity contribution >= 4 is 34.3 Å². The maximum atomic E-state index is 11.4. The Kier molecular flexibility index (Phi) is 1.87. The molecule has 0 saturated carbocycles. The van der Waals surface area contributed by atoms with E-state index in [-0.39, 0.29) is 5.69 Å². The van der Waals surface area contributed by atoms with E-state index < -0.39 is 5.97 Å². The number of aliphatic imine (C=N–C) groups is 1. The van der Waals surface area contributed by atoms with Gasteiger partial charge in [0, 0.05) is 18.0 Å². The summed E-state index contributed by atoms with van der Waals surface area (Å²) in [7, 11) is 0. The summed E-state index contributed by atoms with van der Waals surface area (Å²) in [4.78, 5) is 15.8. The number of nitrogens with zero attached hydrogens (tertiary/aromatic N) is 2. The molecule has 4 nitrogen and oxygen atoms in total. The van der Waals surface area contributed by atoms with Gasteiger partial charge in [0.15, 0.2) is 0 Å². The molecule has 0 amide bonds. The molecule has 2 aromatic heterocycles. The molecule has 0 spiro atoms. The first-order valence-corrected chi connectivity index (χ1v) is 6.08. The average molecular weight is 250 g/mol. The second-order valence-electron chi connectivity index (χ2n) is 4.60. The number of carboxylic acids is 1. The lowest BCUT2D eigenvalue weighted by Gasteiger charge is -2.09. The molecule has 0 bridgehead atoms. The van der Waals surface area contributed by atoms with Gasteiger partial charge in [0.05, 0.1) is 16.7 Å². The molecule has 0 saturated heterocycles. The summed E-state index contributed by atoms with van der Waals surface area (Å²) < 4.78 is 1.80. The lowest BCUT2D eigenvalue weighted by atomic mass is 10.1. The van der Waals surface area contributed by atoms with Crippen molar-refractivity contribution in [2.75, 3.05) is 0 Å². The number of benzene rings is 1. The largest absolute Gasteiger partial charge is 0.477 e. The summed E-state index contributed by atoms with van der Waals surface area (Å²) in [5.41, 5.74) is 4.12. The van der Waals surface area contributed by atoms with Crippen LogP contribution in [-0.2, 0) is 6.42 Å². The van der Waals surface area contributed by atoms with Crippen LogP contribution in [0.25, 0.3) is 16.4 Å². The van der Waals surface area contributed by atoms with Crippen molar-refractivity contribution in [1.29, 1.82) is 0 Å². The van der Waals surface area contributed by atoms with Gasteiger partial charge in [0.1, 0.15) is 5.69 Å². The Morgan fingerprint density at radius 3 is 2.89 bits per heavy atom. The highest BCUT2D eigenvalue weighted by molar-refractivity contribution is 6.03. The van der Waals surface area contributed by atoms with Crippen LogP contribution in [0.3, 0.4) is 0 Å². The summed E-state index contributed by atoms with van der Waals surface area (Å²) in [5.74, 6) is -0.923. The minimum atomic E-state index is -0.923. The average Bonchev–Trinajstić information content (AvgIpc) is 2.77. The van der Waals surface area contributed by atoms with Gasteiger partial charge in [0.2, 0.25) is 0 Å². The topological polar surface area (TPSA) is 54.1 Å². The molecular weight excluding hydrogens is 240 g/mol. The smallest absolute Gasteiger partial charge is 0.352 e. The Morgan fingerprint density at radius 1 is 1.21 bits per heavy atom. The minimum absolute atomic E-state index is 0.276.